The van der Waals surface area contributed by atoms with Gasteiger partial charge in [-0.3, -0.25) is 4.79 Å². The third-order valence-electron chi connectivity index (χ3n) is 6.32. The fourth-order valence-corrected chi connectivity index (χ4v) is 4.92. The van der Waals surface area contributed by atoms with Crippen molar-refractivity contribution < 1.29 is 19.1 Å². The van der Waals surface area contributed by atoms with Crippen LogP contribution in [-0.2, 0) is 14.3 Å². The van der Waals surface area contributed by atoms with E-state index in [9.17, 15) is 9.59 Å². The average molecular weight is 442 g/mol. The topological polar surface area (TPSA) is 55.8 Å². The van der Waals surface area contributed by atoms with Crippen molar-refractivity contribution in [2.75, 3.05) is 13.2 Å². The van der Waals surface area contributed by atoms with E-state index in [0.29, 0.717) is 11.6 Å². The van der Waals surface area contributed by atoms with Crippen molar-refractivity contribution in [1.29, 1.82) is 0 Å². The number of benzene rings is 2. The second-order valence-corrected chi connectivity index (χ2v) is 9.43. The van der Waals surface area contributed by atoms with Gasteiger partial charge in [-0.05, 0) is 61.8 Å². The molecule has 0 bridgehead atoms. The van der Waals surface area contributed by atoms with Crippen molar-refractivity contribution in [3.63, 3.8) is 0 Å². The van der Waals surface area contributed by atoms with Crippen LogP contribution in [0.3, 0.4) is 0 Å². The number of imide groups is 1. The molecule has 3 atom stereocenters. The highest BCUT2D eigenvalue weighted by atomic mass is 35.5. The van der Waals surface area contributed by atoms with Gasteiger partial charge in [0.15, 0.2) is 0 Å². The Labute approximate surface area is 188 Å². The molecule has 0 aliphatic carbocycles. The van der Waals surface area contributed by atoms with Crippen molar-refractivity contribution in [1.82, 2.24) is 4.90 Å². The van der Waals surface area contributed by atoms with E-state index in [1.807, 2.05) is 54.6 Å². The minimum Gasteiger partial charge on any atom is -0.446 e. The molecule has 164 valence electrons. The Hall–Kier alpha value is -2.37. The number of carbonyl (C=O) groups excluding carboxylic acids is 2. The maximum atomic E-state index is 13.5. The number of cyclic esters (lactones) is 1. The predicted molar refractivity (Wildman–Crippen MR) is 119 cm³/mol. The Morgan fingerprint density at radius 1 is 1.16 bits per heavy atom. The van der Waals surface area contributed by atoms with Gasteiger partial charge in [0, 0.05) is 18.1 Å². The summed E-state index contributed by atoms with van der Waals surface area (Å²) in [4.78, 5) is 27.2. The molecular weight excluding hydrogens is 414 g/mol. The number of hydrogen-bond donors (Lipinski definition) is 0. The highest BCUT2D eigenvalue weighted by Gasteiger charge is 2.41. The van der Waals surface area contributed by atoms with Crippen LogP contribution in [0.4, 0.5) is 4.79 Å². The summed E-state index contributed by atoms with van der Waals surface area (Å²) in [7, 11) is 0. The smallest absolute Gasteiger partial charge is 0.417 e. The molecule has 2 heterocycles. The third-order valence-corrected chi connectivity index (χ3v) is 6.58. The van der Waals surface area contributed by atoms with E-state index in [1.165, 1.54) is 4.90 Å². The van der Waals surface area contributed by atoms with Crippen LogP contribution in [-0.4, -0.2) is 35.7 Å². The zero-order chi connectivity index (χ0) is 22.0. The molecule has 2 fully saturated rings. The molecule has 0 aromatic heterocycles. The van der Waals surface area contributed by atoms with E-state index < -0.39 is 12.1 Å². The molecule has 0 saturated carbocycles. The minimum atomic E-state index is -0.569. The van der Waals surface area contributed by atoms with Crippen LogP contribution in [0.5, 0.6) is 0 Å². The average Bonchev–Trinajstić information content (AvgIpc) is 3.14. The van der Waals surface area contributed by atoms with Crippen LogP contribution in [0.1, 0.15) is 56.2 Å². The molecule has 5 nitrogen and oxygen atoms in total. The molecule has 0 unspecified atom stereocenters. The Morgan fingerprint density at radius 3 is 2.55 bits per heavy atom. The van der Waals surface area contributed by atoms with Crippen LogP contribution in [0.15, 0.2) is 54.6 Å². The molecule has 2 aromatic carbocycles. The highest BCUT2D eigenvalue weighted by molar-refractivity contribution is 6.30. The van der Waals surface area contributed by atoms with Crippen LogP contribution in [0.2, 0.25) is 5.02 Å². The van der Waals surface area contributed by atoms with Crippen molar-refractivity contribution in [3.05, 3.63) is 70.7 Å². The van der Waals surface area contributed by atoms with Crippen molar-refractivity contribution >= 4 is 23.6 Å². The molecule has 2 aliphatic rings. The molecule has 31 heavy (non-hydrogen) atoms. The van der Waals surface area contributed by atoms with Crippen molar-refractivity contribution in [2.24, 2.45) is 5.92 Å². The third kappa shape index (κ3) is 4.94. The number of ether oxygens (including phenoxy) is 2. The summed E-state index contributed by atoms with van der Waals surface area (Å²) < 4.78 is 11.2. The van der Waals surface area contributed by atoms with Gasteiger partial charge in [0.25, 0.3) is 0 Å². The predicted octanol–water partition coefficient (Wildman–Crippen LogP) is 5.74. The first-order valence-electron chi connectivity index (χ1n) is 10.8. The SMILES string of the molecule is CC1(C)C[C@H]([C@@H](CC(=O)N2C(=O)OC[C@H]2c2ccccc2)c2ccc(Cl)cc2)CCO1. The van der Waals surface area contributed by atoms with Crippen molar-refractivity contribution in [2.45, 2.75) is 50.7 Å². The summed E-state index contributed by atoms with van der Waals surface area (Å²) in [5.74, 6) is 0.0287. The molecule has 2 saturated heterocycles. The van der Waals surface area contributed by atoms with Gasteiger partial charge in [-0.2, -0.15) is 0 Å². The van der Waals surface area contributed by atoms with E-state index in [0.717, 1.165) is 24.0 Å². The lowest BCUT2D eigenvalue weighted by Gasteiger charge is -2.39. The lowest BCUT2D eigenvalue weighted by molar-refractivity contribution is -0.131. The minimum absolute atomic E-state index is 0.0298. The quantitative estimate of drug-likeness (QED) is 0.593. The van der Waals surface area contributed by atoms with Gasteiger partial charge in [-0.1, -0.05) is 54.1 Å². The Morgan fingerprint density at radius 2 is 1.87 bits per heavy atom. The number of halogens is 1. The zero-order valence-corrected chi connectivity index (χ0v) is 18.7. The molecule has 2 aromatic rings. The summed E-state index contributed by atoms with van der Waals surface area (Å²) in [5, 5.41) is 0.661. The Kier molecular flexibility index (Phi) is 6.35. The molecular formula is C25H28ClNO4. The van der Waals surface area contributed by atoms with Crippen molar-refractivity contribution in [3.8, 4) is 0 Å². The summed E-state index contributed by atoms with van der Waals surface area (Å²) in [5.41, 5.74) is 1.72. The summed E-state index contributed by atoms with van der Waals surface area (Å²) >= 11 is 6.11. The Bertz CT molecular complexity index is 928. The number of nitrogens with zero attached hydrogens (tertiary/aromatic N) is 1. The lowest BCUT2D eigenvalue weighted by Crippen LogP contribution is -2.39. The van der Waals surface area contributed by atoms with E-state index in [-0.39, 0.29) is 36.4 Å². The van der Waals surface area contributed by atoms with Gasteiger partial charge >= 0.3 is 6.09 Å². The highest BCUT2D eigenvalue weighted by Crippen LogP contribution is 2.41. The molecule has 0 radical (unpaired) electrons. The zero-order valence-electron chi connectivity index (χ0n) is 17.9. The first kappa shape index (κ1) is 21.8. The maximum Gasteiger partial charge on any atom is 0.417 e. The fraction of sp³-hybridized carbons (Fsp3) is 0.440. The Balaban J connectivity index is 1.60. The van der Waals surface area contributed by atoms with Crippen LogP contribution >= 0.6 is 11.6 Å². The van der Waals surface area contributed by atoms with Crippen LogP contribution in [0, 0.1) is 5.92 Å². The number of hydrogen-bond acceptors (Lipinski definition) is 4. The molecule has 4 rings (SSSR count). The van der Waals surface area contributed by atoms with Gasteiger partial charge in [0.1, 0.15) is 12.6 Å². The second-order valence-electron chi connectivity index (χ2n) is 8.99. The summed E-state index contributed by atoms with van der Waals surface area (Å²) in [6, 6.07) is 16.9. The van der Waals surface area contributed by atoms with E-state index in [1.54, 1.807) is 0 Å². The normalized spacial score (nSPS) is 24.0. The number of carbonyl (C=O) groups is 2. The molecule has 0 spiro atoms. The largest absolute Gasteiger partial charge is 0.446 e. The molecule has 6 heteroatoms. The first-order chi connectivity index (χ1) is 14.8. The first-order valence-corrected chi connectivity index (χ1v) is 11.1. The summed E-state index contributed by atoms with van der Waals surface area (Å²) in [6.07, 6.45) is 1.39. The van der Waals surface area contributed by atoms with Gasteiger partial charge in [0.05, 0.1) is 5.60 Å². The molecule has 0 N–H and O–H groups in total. The summed E-state index contributed by atoms with van der Waals surface area (Å²) in [6.45, 7) is 5.02. The van der Waals surface area contributed by atoms with Gasteiger partial charge < -0.3 is 9.47 Å². The lowest BCUT2D eigenvalue weighted by atomic mass is 9.75. The molecule has 2 aliphatic heterocycles. The van der Waals surface area contributed by atoms with Crippen LogP contribution in [0.25, 0.3) is 0 Å². The number of amides is 2. The van der Waals surface area contributed by atoms with Gasteiger partial charge in [-0.15, -0.1) is 0 Å². The molecule has 2 amide bonds. The number of rotatable bonds is 5. The maximum absolute atomic E-state index is 13.5. The monoisotopic (exact) mass is 441 g/mol. The standard InChI is InChI=1S/C25H28ClNO4/c1-25(2)15-19(12-13-31-25)21(17-8-10-20(26)11-9-17)14-23(28)27-22(16-30-24(27)29)18-6-4-3-5-7-18/h3-11,19,21-22H,12-16H2,1-2H3/t19-,21+,22+/m1/s1. The van der Waals surface area contributed by atoms with Gasteiger partial charge in [-0.25, -0.2) is 9.69 Å². The van der Waals surface area contributed by atoms with E-state index in [4.69, 9.17) is 21.1 Å². The van der Waals surface area contributed by atoms with E-state index >= 15 is 0 Å². The fourth-order valence-electron chi connectivity index (χ4n) is 4.79. The second kappa shape index (κ2) is 9.01. The van der Waals surface area contributed by atoms with Gasteiger partial charge in [0.2, 0.25) is 5.91 Å². The van der Waals surface area contributed by atoms with Crippen LogP contribution < -0.4 is 0 Å². The van der Waals surface area contributed by atoms with E-state index in [2.05, 4.69) is 13.8 Å².